The Morgan fingerprint density at radius 1 is 0.336 bits per heavy atom. The van der Waals surface area contributed by atoms with Gasteiger partial charge in [0.15, 0.2) is 82.0 Å². The third-order valence-electron chi connectivity index (χ3n) is 21.7. The van der Waals surface area contributed by atoms with Crippen molar-refractivity contribution >= 4 is 129 Å². The lowest BCUT2D eigenvalue weighted by atomic mass is 9.89. The maximum absolute atomic E-state index is 13.1. The van der Waals surface area contributed by atoms with Gasteiger partial charge in [-0.25, -0.2) is 64.0 Å². The van der Waals surface area contributed by atoms with E-state index in [0.717, 1.165) is 97.4 Å². The third kappa shape index (κ3) is 23.1. The fourth-order valence-corrected chi connectivity index (χ4v) is 37.2. The Morgan fingerprint density at radius 3 is 0.905 bits per heavy atom. The van der Waals surface area contributed by atoms with Gasteiger partial charge in [-0.1, -0.05) is 181 Å². The molecule has 4 aliphatic heterocycles. The number of hydrogen-bond donors (Lipinski definition) is 4. The van der Waals surface area contributed by atoms with Gasteiger partial charge in [0.25, 0.3) is 0 Å². The number of fused-ring (bicyclic) bond motifs is 8. The molecular weight excluding hydrogens is 1990 g/mol. The smallest absolute Gasteiger partial charge is 0.216 e. The number of thioether (sulfide) groups is 2. The topological polar surface area (TPSA) is 316 Å². The Bertz CT molecular complexity index is 6870. The lowest BCUT2D eigenvalue weighted by molar-refractivity contribution is -0.777. The summed E-state index contributed by atoms with van der Waals surface area (Å²) in [4.78, 5) is 15.2. The number of rotatable bonds is 22. The molecule has 0 bridgehead atoms. The predicted octanol–water partition coefficient (Wildman–Crippen LogP) is 20.9. The molecule has 0 fully saturated rings. The highest BCUT2D eigenvalue weighted by Crippen LogP contribution is 2.51. The van der Waals surface area contributed by atoms with Gasteiger partial charge in [0, 0.05) is 47.2 Å². The van der Waals surface area contributed by atoms with E-state index < -0.39 is 139 Å². The molecule has 0 saturated carbocycles. The summed E-state index contributed by atoms with van der Waals surface area (Å²) in [6, 6.07) is 94.8. The second-order valence-corrected chi connectivity index (χ2v) is 51.3. The fraction of sp³-hybridized carbons (Fsp3) is 0.176. The Kier molecular flexibility index (Phi) is 35.5. The maximum Gasteiger partial charge on any atom is 0.216 e. The lowest BCUT2D eigenvalue weighted by Gasteiger charge is -2.24. The van der Waals surface area contributed by atoms with E-state index in [0.29, 0.717) is 74.8 Å². The summed E-state index contributed by atoms with van der Waals surface area (Å²) in [6.07, 6.45) is 2.01. The van der Waals surface area contributed by atoms with Crippen molar-refractivity contribution in [1.29, 1.82) is 0 Å². The van der Waals surface area contributed by atoms with E-state index in [2.05, 4.69) is 59.6 Å². The van der Waals surface area contributed by atoms with Crippen LogP contribution in [0.2, 0.25) is 0 Å². The Balaban J connectivity index is 0.000000140. The molecule has 0 atom stereocenters. The van der Waals surface area contributed by atoms with Gasteiger partial charge in [0.2, 0.25) is 45.2 Å². The second kappa shape index (κ2) is 46.3. The Hall–Kier alpha value is -9.39. The quantitative estimate of drug-likeness (QED) is 0.00468. The van der Waals surface area contributed by atoms with Gasteiger partial charge in [-0.2, -0.15) is 4.33 Å². The number of hydrogen-bond acceptors (Lipinski definition) is 21. The second-order valence-electron chi connectivity index (χ2n) is 31.6. The molecule has 0 spiro atoms. The van der Waals surface area contributed by atoms with Gasteiger partial charge < -0.3 is 30.2 Å². The zero-order chi connectivity index (χ0) is 98.4. The molecule has 137 heavy (non-hydrogen) atoms. The molecule has 0 radical (unpaired) electrons. The van der Waals surface area contributed by atoms with Crippen LogP contribution in [0, 0.1) is 29.1 Å². The average molecular weight is 2090 g/mol. The molecule has 0 amide bonds. The number of sulfone groups is 4. The minimum Gasteiger partial charge on any atom is -0.744 e. The molecule has 35 heteroatoms. The largest absolute Gasteiger partial charge is 0.744 e. The first kappa shape index (κ1) is 105. The van der Waals surface area contributed by atoms with E-state index >= 15 is 0 Å². The molecule has 14 aromatic carbocycles. The van der Waals surface area contributed by atoms with Crippen molar-refractivity contribution in [3.63, 3.8) is 0 Å². The summed E-state index contributed by atoms with van der Waals surface area (Å²) in [7, 11) is -20.2. The minimum absolute atomic E-state index is 0.00919. The van der Waals surface area contributed by atoms with E-state index in [9.17, 15) is 73.9 Å². The van der Waals surface area contributed by atoms with Crippen LogP contribution in [0.3, 0.4) is 0 Å². The van der Waals surface area contributed by atoms with Crippen LogP contribution < -0.4 is 5.26 Å². The zero-order valence-electron chi connectivity index (χ0n) is 74.3. The molecule has 0 saturated heterocycles. The SMILES string of the molecule is CC(C)c1cc(C(C)C)c(S(=O)(=O)[O-])c(C(C)C)c1.O=S1(=O)c2ccccc2[S+](c2ccc(CCO)cc2)c2ccccc21.O=S1(=O)c2ccccc2[S+](c2ccc(CCO)cc2)c2ccccc21.O=S1(=O)c2ccccc2[S+](c2ccc(SCCCO)cc2)c2ccccc21.O=S1(=O)c2ccccc2[S+](c2cccc(SCCO)c2)c2ccccc21.[O-]OOSc1c(F)c(F)c(F)c(F)c1F. The highest BCUT2D eigenvalue weighted by atomic mass is 32.2. The van der Waals surface area contributed by atoms with Gasteiger partial charge >= 0.3 is 0 Å². The lowest BCUT2D eigenvalue weighted by Crippen LogP contribution is -2.20. The molecule has 18 rings (SSSR count). The van der Waals surface area contributed by atoms with E-state index in [4.69, 9.17) is 20.4 Å². The predicted molar refractivity (Wildman–Crippen MR) is 521 cm³/mol. The number of aliphatic hydroxyl groups excluding tert-OH is 4. The number of benzene rings is 14. The number of aliphatic hydroxyl groups is 4. The molecule has 4 N–H and O–H groups in total. The van der Waals surface area contributed by atoms with Gasteiger partial charge in [0.05, 0.1) is 23.5 Å². The third-order valence-corrected chi connectivity index (χ3v) is 43.2. The van der Waals surface area contributed by atoms with Gasteiger partial charge in [-0.3, -0.25) is 5.04 Å². The molecule has 0 unspecified atom stereocenters. The zero-order valence-corrected chi connectivity index (χ0v) is 84.1. The summed E-state index contributed by atoms with van der Waals surface area (Å²) < 4.78 is 205. The van der Waals surface area contributed by atoms with Crippen LogP contribution in [0.4, 0.5) is 22.0 Å². The first-order valence-corrected chi connectivity index (χ1v) is 57.6. The summed E-state index contributed by atoms with van der Waals surface area (Å²) in [5.41, 5.74) is 4.51. The maximum atomic E-state index is 13.1. The molecule has 0 aromatic heterocycles. The highest BCUT2D eigenvalue weighted by molar-refractivity contribution is 8.03. The summed E-state index contributed by atoms with van der Waals surface area (Å²) in [5.74, 6) is -8.93. The van der Waals surface area contributed by atoms with Gasteiger partial charge in [-0.15, -0.1) is 23.5 Å². The average Bonchev–Trinajstić information content (AvgIpc) is 0.739. The van der Waals surface area contributed by atoms with Crippen LogP contribution in [0.5, 0.6) is 0 Å². The van der Waals surface area contributed by atoms with Gasteiger partial charge in [-0.05, 0) is 223 Å². The molecule has 0 aliphatic carbocycles. The van der Waals surface area contributed by atoms with Crippen molar-refractivity contribution in [1.82, 2.24) is 0 Å². The molecule has 4 aliphatic rings. The van der Waals surface area contributed by atoms with E-state index in [-0.39, 0.29) is 43.2 Å². The van der Waals surface area contributed by atoms with Crippen LogP contribution >= 0.6 is 35.6 Å². The number of halogens is 5. The fourth-order valence-electron chi connectivity index (χ4n) is 15.2. The molecule has 714 valence electrons. The Labute approximate surface area is 819 Å². The summed E-state index contributed by atoms with van der Waals surface area (Å²) in [6.45, 7) is 12.4. The van der Waals surface area contributed by atoms with E-state index in [1.807, 2.05) is 198 Å². The van der Waals surface area contributed by atoms with E-state index in [1.165, 1.54) is 0 Å². The Morgan fingerprint density at radius 2 is 0.628 bits per heavy atom. The van der Waals surface area contributed by atoms with Crippen molar-refractivity contribution < 1.29 is 104 Å². The summed E-state index contributed by atoms with van der Waals surface area (Å²) >= 11 is 2.90. The normalized spacial score (nSPS) is 14.5. The van der Waals surface area contributed by atoms with Crippen molar-refractivity contribution in [2.24, 2.45) is 0 Å². The molecular formula is C102H93F5O18S12+2. The van der Waals surface area contributed by atoms with Crippen LogP contribution in [0.1, 0.15) is 93.5 Å². The molecule has 4 heterocycles. The van der Waals surface area contributed by atoms with Crippen molar-refractivity contribution in [3.8, 4) is 0 Å². The van der Waals surface area contributed by atoms with E-state index in [1.54, 1.807) is 121 Å². The van der Waals surface area contributed by atoms with Crippen LogP contribution in [-0.2, 0) is 115 Å². The first-order chi connectivity index (χ1) is 65.6. The van der Waals surface area contributed by atoms with Crippen LogP contribution in [0.15, 0.2) is 421 Å². The molecule has 18 nitrogen and oxygen atoms in total. The van der Waals surface area contributed by atoms with Crippen molar-refractivity contribution in [2.75, 3.05) is 37.9 Å². The monoisotopic (exact) mass is 2080 g/mol. The molecule has 14 aromatic rings. The highest BCUT2D eigenvalue weighted by Gasteiger charge is 2.50. The van der Waals surface area contributed by atoms with Gasteiger partial charge in [0.1, 0.15) is 97.8 Å². The standard InChI is InChI=1S/C21H19O3S3.C20H17O3S3.2C20H17O3S2.C15H24O3S.C6HF5O3S/c22-14-5-15-25-16-10-12-17(13-11-16)26-18-6-1-3-8-20(18)27(23,24)21-9-4-2-7-19(21)26;21-12-13-24-15-6-5-7-16(14-15)25-17-8-1-3-10-19(17)26(22,23)20-11-4-2-9-18(20)25;2*21-14-13-15-9-11-16(12-10-15)24-17-5-1-3-7-19(17)25(22,23)20-8-4-2-6-18(20)24;1-9(2)12-7-13(10(3)4)15(19(16,17)18)14(8-12)11(5)6;7-1-2(8)4(10)6(15-14-13-12)5(11)3(1)9/h1-4,6-13,22H,5,14-15H2;1-11,14,21H,12-13H2;2*1-12,21H,13-14H2;7-11H,1-6H3,(H,16,17,18);12H/q4*+1;;/p-2. The summed E-state index contributed by atoms with van der Waals surface area (Å²) in [5, 5.41) is 48.2. The van der Waals surface area contributed by atoms with Crippen molar-refractivity contribution in [2.45, 2.75) is 196 Å². The minimum atomic E-state index is -4.45. The van der Waals surface area contributed by atoms with Crippen molar-refractivity contribution in [3.05, 3.63) is 360 Å². The van der Waals surface area contributed by atoms with Crippen LogP contribution in [-0.4, -0.2) is 105 Å². The first-order valence-electron chi connectivity index (χ1n) is 42.6. The van der Waals surface area contributed by atoms with Crippen LogP contribution in [0.25, 0.3) is 0 Å².